The van der Waals surface area contributed by atoms with Crippen molar-refractivity contribution in [2.45, 2.75) is 23.4 Å². The first-order valence-corrected chi connectivity index (χ1v) is 9.76. The Kier molecular flexibility index (Phi) is 5.48. The minimum Gasteiger partial charge on any atom is -0.497 e. The second kappa shape index (κ2) is 8.36. The predicted octanol–water partition coefficient (Wildman–Crippen LogP) is 3.07. The molecule has 1 aliphatic heterocycles. The molecule has 1 aliphatic rings. The lowest BCUT2D eigenvalue weighted by atomic mass is 10.1. The van der Waals surface area contributed by atoms with Gasteiger partial charge in [0, 0.05) is 6.07 Å². The van der Waals surface area contributed by atoms with E-state index in [-0.39, 0.29) is 18.3 Å². The monoisotopic (exact) mass is 410 g/mol. The van der Waals surface area contributed by atoms with Crippen LogP contribution < -0.4 is 9.47 Å². The van der Waals surface area contributed by atoms with Crippen LogP contribution in [-0.2, 0) is 11.4 Å². The SMILES string of the molecule is COc1cccc(OCc2nnc3n2N=C(c2ccccc2)[C@@H](CC(=O)O)S3)c1. The van der Waals surface area contributed by atoms with Crippen molar-refractivity contribution < 1.29 is 19.4 Å². The molecule has 0 amide bonds. The number of aliphatic carboxylic acids is 1. The standard InChI is InChI=1S/C20H18N4O4S/c1-27-14-8-5-9-15(10-14)28-12-17-21-22-20-24(17)23-19(13-6-3-2-4-7-13)16(29-20)11-18(25)26/h2-10,16H,11-12H2,1H3,(H,25,26)/t16-/m1/s1. The highest BCUT2D eigenvalue weighted by atomic mass is 32.2. The molecule has 0 unspecified atom stereocenters. The lowest BCUT2D eigenvalue weighted by Crippen LogP contribution is -2.27. The van der Waals surface area contributed by atoms with Crippen molar-refractivity contribution in [1.29, 1.82) is 0 Å². The molecule has 0 radical (unpaired) electrons. The van der Waals surface area contributed by atoms with Crippen molar-refractivity contribution in [3.8, 4) is 11.5 Å². The Morgan fingerprint density at radius 3 is 2.69 bits per heavy atom. The van der Waals surface area contributed by atoms with Crippen molar-refractivity contribution in [1.82, 2.24) is 14.9 Å². The number of rotatable bonds is 7. The van der Waals surface area contributed by atoms with Crippen molar-refractivity contribution in [3.05, 3.63) is 66.0 Å². The molecule has 148 valence electrons. The number of hydrogen-bond acceptors (Lipinski definition) is 7. The van der Waals surface area contributed by atoms with Gasteiger partial charge in [-0.2, -0.15) is 9.78 Å². The van der Waals surface area contributed by atoms with Crippen molar-refractivity contribution in [3.63, 3.8) is 0 Å². The van der Waals surface area contributed by atoms with Crippen LogP contribution in [0.3, 0.4) is 0 Å². The van der Waals surface area contributed by atoms with Gasteiger partial charge in [-0.1, -0.05) is 48.2 Å². The number of hydrogen-bond donors (Lipinski definition) is 1. The van der Waals surface area contributed by atoms with Gasteiger partial charge in [0.15, 0.2) is 5.82 Å². The third kappa shape index (κ3) is 4.24. The van der Waals surface area contributed by atoms with Gasteiger partial charge in [-0.05, 0) is 17.7 Å². The summed E-state index contributed by atoms with van der Waals surface area (Å²) in [6.07, 6.45) is -0.0547. The van der Waals surface area contributed by atoms with E-state index in [4.69, 9.17) is 9.47 Å². The number of fused-ring (bicyclic) bond motifs is 1. The summed E-state index contributed by atoms with van der Waals surface area (Å²) in [5, 5.41) is 22.5. The fraction of sp³-hybridized carbons (Fsp3) is 0.200. The number of aromatic nitrogens is 3. The molecule has 1 aromatic heterocycles. The Morgan fingerprint density at radius 2 is 1.93 bits per heavy atom. The zero-order valence-electron chi connectivity index (χ0n) is 15.6. The summed E-state index contributed by atoms with van der Waals surface area (Å²) in [5.74, 6) is 0.974. The first kappa shape index (κ1) is 19.0. The fourth-order valence-corrected chi connectivity index (χ4v) is 4.01. The molecule has 0 bridgehead atoms. The maximum atomic E-state index is 11.3. The average molecular weight is 410 g/mol. The average Bonchev–Trinajstić information content (AvgIpc) is 3.14. The minimum atomic E-state index is -0.888. The Labute approximate surface area is 171 Å². The highest BCUT2D eigenvalue weighted by molar-refractivity contribution is 8.00. The van der Waals surface area contributed by atoms with Crippen LogP contribution in [0.4, 0.5) is 0 Å². The number of benzene rings is 2. The molecule has 0 fully saturated rings. The molecule has 1 atom stereocenters. The molecular formula is C20H18N4O4S. The highest BCUT2D eigenvalue weighted by Crippen LogP contribution is 2.32. The van der Waals surface area contributed by atoms with Crippen LogP contribution in [0.25, 0.3) is 0 Å². The summed E-state index contributed by atoms with van der Waals surface area (Å²) >= 11 is 1.34. The van der Waals surface area contributed by atoms with Gasteiger partial charge in [-0.25, -0.2) is 0 Å². The molecule has 8 nitrogen and oxygen atoms in total. The largest absolute Gasteiger partial charge is 0.497 e. The molecule has 29 heavy (non-hydrogen) atoms. The molecule has 9 heteroatoms. The van der Waals surface area contributed by atoms with Gasteiger partial charge in [0.05, 0.1) is 24.5 Å². The van der Waals surface area contributed by atoms with E-state index in [1.807, 2.05) is 48.5 Å². The van der Waals surface area contributed by atoms with Crippen LogP contribution in [0.5, 0.6) is 11.5 Å². The van der Waals surface area contributed by atoms with Gasteiger partial charge in [0.25, 0.3) is 0 Å². The highest BCUT2D eigenvalue weighted by Gasteiger charge is 2.30. The van der Waals surface area contributed by atoms with Crippen LogP contribution in [0.2, 0.25) is 0 Å². The number of methoxy groups -OCH3 is 1. The zero-order chi connectivity index (χ0) is 20.2. The Morgan fingerprint density at radius 1 is 1.14 bits per heavy atom. The van der Waals surface area contributed by atoms with Crippen LogP contribution in [0.1, 0.15) is 17.8 Å². The van der Waals surface area contributed by atoms with E-state index in [0.29, 0.717) is 28.2 Å². The third-order valence-electron chi connectivity index (χ3n) is 4.28. The lowest BCUT2D eigenvalue weighted by molar-refractivity contribution is -0.136. The minimum absolute atomic E-state index is 0.0547. The number of carboxylic acid groups (broad SMARTS) is 1. The third-order valence-corrected chi connectivity index (χ3v) is 5.42. The summed E-state index contributed by atoms with van der Waals surface area (Å²) < 4.78 is 12.6. The van der Waals surface area contributed by atoms with Gasteiger partial charge in [-0.15, -0.1) is 10.2 Å². The molecule has 0 aliphatic carbocycles. The molecule has 0 spiro atoms. The Hall–Kier alpha value is -3.33. The summed E-state index contributed by atoms with van der Waals surface area (Å²) in [5.41, 5.74) is 1.54. The number of carbonyl (C=O) groups is 1. The second-order valence-corrected chi connectivity index (χ2v) is 7.40. The fourth-order valence-electron chi connectivity index (χ4n) is 2.90. The number of ether oxygens (including phenoxy) is 2. The Balaban J connectivity index is 1.62. The van der Waals surface area contributed by atoms with Crippen molar-refractivity contribution in [2.75, 3.05) is 7.11 Å². The molecule has 2 heterocycles. The van der Waals surface area contributed by atoms with E-state index in [9.17, 15) is 9.90 Å². The molecule has 0 saturated heterocycles. The summed E-state index contributed by atoms with van der Waals surface area (Å²) in [6.45, 7) is 0.163. The van der Waals surface area contributed by atoms with E-state index in [2.05, 4.69) is 15.3 Å². The van der Waals surface area contributed by atoms with E-state index in [1.165, 1.54) is 11.8 Å². The Bertz CT molecular complexity index is 1050. The van der Waals surface area contributed by atoms with E-state index < -0.39 is 5.97 Å². The van der Waals surface area contributed by atoms with Gasteiger partial charge in [0.1, 0.15) is 18.1 Å². The van der Waals surface area contributed by atoms with Gasteiger partial charge in [0.2, 0.25) is 5.16 Å². The molecule has 4 rings (SSSR count). The molecule has 3 aromatic rings. The van der Waals surface area contributed by atoms with Gasteiger partial charge >= 0.3 is 5.97 Å². The zero-order valence-corrected chi connectivity index (χ0v) is 16.4. The molecule has 0 saturated carbocycles. The van der Waals surface area contributed by atoms with E-state index in [0.717, 1.165) is 5.56 Å². The van der Waals surface area contributed by atoms with Crippen LogP contribution in [0.15, 0.2) is 64.9 Å². The quantitative estimate of drug-likeness (QED) is 0.639. The number of carboxylic acids is 1. The van der Waals surface area contributed by atoms with Crippen LogP contribution in [-0.4, -0.2) is 44.0 Å². The first-order valence-electron chi connectivity index (χ1n) is 8.88. The molecular weight excluding hydrogens is 392 g/mol. The predicted molar refractivity (Wildman–Crippen MR) is 108 cm³/mol. The van der Waals surface area contributed by atoms with E-state index in [1.54, 1.807) is 17.9 Å². The van der Waals surface area contributed by atoms with Crippen molar-refractivity contribution in [2.24, 2.45) is 5.10 Å². The maximum Gasteiger partial charge on any atom is 0.304 e. The number of thioether (sulfide) groups is 1. The lowest BCUT2D eigenvalue weighted by Gasteiger charge is -2.22. The summed E-state index contributed by atoms with van der Waals surface area (Å²) in [6, 6.07) is 16.8. The summed E-state index contributed by atoms with van der Waals surface area (Å²) in [7, 11) is 1.60. The van der Waals surface area contributed by atoms with Crippen molar-refractivity contribution >= 4 is 23.4 Å². The number of nitrogens with zero attached hydrogens (tertiary/aromatic N) is 4. The summed E-state index contributed by atoms with van der Waals surface area (Å²) in [4.78, 5) is 11.3. The van der Waals surface area contributed by atoms with E-state index >= 15 is 0 Å². The topological polar surface area (TPSA) is 98.8 Å². The van der Waals surface area contributed by atoms with Gasteiger partial charge < -0.3 is 14.6 Å². The van der Waals surface area contributed by atoms with Crippen LogP contribution >= 0.6 is 11.8 Å². The van der Waals surface area contributed by atoms with Gasteiger partial charge in [-0.3, -0.25) is 4.79 Å². The van der Waals surface area contributed by atoms with Crippen LogP contribution in [0, 0.1) is 0 Å². The maximum absolute atomic E-state index is 11.3. The second-order valence-electron chi connectivity index (χ2n) is 6.23. The normalized spacial score (nSPS) is 15.3. The first-order chi connectivity index (χ1) is 14.1. The smallest absolute Gasteiger partial charge is 0.304 e. The molecule has 1 N–H and O–H groups in total. The molecule has 2 aromatic carbocycles.